The largest absolute Gasteiger partial charge is 0.497 e. The Bertz CT molecular complexity index is 565. The highest BCUT2D eigenvalue weighted by Crippen LogP contribution is 2.22. The first kappa shape index (κ1) is 16.5. The van der Waals surface area contributed by atoms with Crippen LogP contribution in [-0.4, -0.2) is 38.0 Å². The topological polar surface area (TPSA) is 54.0 Å². The molecule has 0 aliphatic carbocycles. The van der Waals surface area contributed by atoms with Crippen LogP contribution in [0.2, 0.25) is 0 Å². The number of carbonyl (C=O) groups is 1. The van der Waals surface area contributed by atoms with E-state index in [1.807, 2.05) is 24.3 Å². The summed E-state index contributed by atoms with van der Waals surface area (Å²) >= 11 is 0. The normalized spacial score (nSPS) is 19.3. The zero-order chi connectivity index (χ0) is 16.0. The molecule has 118 valence electrons. The number of ether oxygens (including phenoxy) is 4. The number of methoxy groups -OCH3 is 1. The number of hydrogen-bond donors (Lipinski definition) is 0. The van der Waals surface area contributed by atoms with Gasteiger partial charge in [0, 0.05) is 0 Å². The molecule has 2 rings (SSSR count). The molecule has 0 aromatic heterocycles. The Morgan fingerprint density at radius 1 is 1.36 bits per heavy atom. The lowest BCUT2D eigenvalue weighted by Crippen LogP contribution is -2.26. The maximum absolute atomic E-state index is 11.8. The Hall–Kier alpha value is -1.87. The van der Waals surface area contributed by atoms with E-state index >= 15 is 0 Å². The van der Waals surface area contributed by atoms with Gasteiger partial charge in [0.1, 0.15) is 12.4 Å². The van der Waals surface area contributed by atoms with Gasteiger partial charge in [-0.25, -0.2) is 0 Å². The molecule has 0 bridgehead atoms. The lowest BCUT2D eigenvalue weighted by atomic mass is 10.2. The average Bonchev–Trinajstić information content (AvgIpc) is 2.87. The monoisotopic (exact) mass is 304 g/mol. The Labute approximate surface area is 130 Å². The molecule has 1 aliphatic rings. The van der Waals surface area contributed by atoms with E-state index in [1.54, 1.807) is 21.0 Å². The predicted octanol–water partition coefficient (Wildman–Crippen LogP) is 1.94. The maximum Gasteiger partial charge on any atom is 0.236 e. The van der Waals surface area contributed by atoms with E-state index in [0.717, 1.165) is 11.3 Å². The Balaban J connectivity index is 1.71. The van der Waals surface area contributed by atoms with Gasteiger partial charge in [-0.2, -0.15) is 0 Å². The smallest absolute Gasteiger partial charge is 0.236 e. The molecule has 1 saturated heterocycles. The van der Waals surface area contributed by atoms with E-state index in [9.17, 15) is 4.79 Å². The molecule has 1 fully saturated rings. The minimum Gasteiger partial charge on any atom is -0.497 e. The lowest BCUT2D eigenvalue weighted by molar-refractivity contribution is -0.148. The summed E-state index contributed by atoms with van der Waals surface area (Å²) < 4.78 is 21.2. The molecule has 5 nitrogen and oxygen atoms in total. The molecule has 1 aliphatic heterocycles. The van der Waals surface area contributed by atoms with Crippen molar-refractivity contribution in [2.24, 2.45) is 0 Å². The summed E-state index contributed by atoms with van der Waals surface area (Å²) in [4.78, 5) is 11.8. The van der Waals surface area contributed by atoms with Gasteiger partial charge in [-0.1, -0.05) is 18.1 Å². The fourth-order valence-corrected chi connectivity index (χ4v) is 1.96. The quantitative estimate of drug-likeness (QED) is 0.473. The van der Waals surface area contributed by atoms with Crippen LogP contribution in [0.1, 0.15) is 19.4 Å². The highest BCUT2D eigenvalue weighted by molar-refractivity contribution is 5.99. The van der Waals surface area contributed by atoms with Crippen molar-refractivity contribution in [3.8, 4) is 17.6 Å². The van der Waals surface area contributed by atoms with Crippen LogP contribution in [0.25, 0.3) is 0 Å². The fraction of sp³-hybridized carbons (Fsp3) is 0.471. The number of benzene rings is 1. The average molecular weight is 304 g/mol. The standard InChI is InChI=1S/C17H20O5/c1-17(2)21-12-16(22-17)15(18)5-4-10-20-11-13-6-8-14(19-3)9-7-13/h6-9,16H,10-12H2,1-3H3/t16-/m1/s1. The zero-order valence-corrected chi connectivity index (χ0v) is 13.0. The van der Waals surface area contributed by atoms with Crippen LogP contribution in [-0.2, 0) is 25.6 Å². The minimum absolute atomic E-state index is 0.189. The summed E-state index contributed by atoms with van der Waals surface area (Å²) in [6, 6.07) is 7.58. The van der Waals surface area contributed by atoms with Crippen molar-refractivity contribution in [1.82, 2.24) is 0 Å². The van der Waals surface area contributed by atoms with Crippen LogP contribution < -0.4 is 4.74 Å². The molecule has 1 heterocycles. The number of Topliss-reactive ketones (excluding diaryl/α,β-unsaturated/α-hetero) is 1. The number of rotatable bonds is 5. The molecular weight excluding hydrogens is 284 g/mol. The second kappa shape index (κ2) is 7.41. The van der Waals surface area contributed by atoms with E-state index in [1.165, 1.54) is 0 Å². The molecule has 22 heavy (non-hydrogen) atoms. The molecular formula is C17H20O5. The van der Waals surface area contributed by atoms with Crippen molar-refractivity contribution in [2.75, 3.05) is 20.3 Å². The lowest BCUT2D eigenvalue weighted by Gasteiger charge is -2.15. The van der Waals surface area contributed by atoms with Gasteiger partial charge in [-0.15, -0.1) is 0 Å². The molecule has 1 atom stereocenters. The first-order chi connectivity index (χ1) is 10.5. The third-order valence-electron chi connectivity index (χ3n) is 3.11. The van der Waals surface area contributed by atoms with Gasteiger partial charge in [-0.3, -0.25) is 4.79 Å². The SMILES string of the molecule is COc1ccc(COCC#CC(=O)[C@H]2COC(C)(C)O2)cc1. The molecule has 0 spiro atoms. The Morgan fingerprint density at radius 2 is 2.09 bits per heavy atom. The highest BCUT2D eigenvalue weighted by Gasteiger charge is 2.36. The molecule has 0 N–H and O–H groups in total. The summed E-state index contributed by atoms with van der Waals surface area (Å²) in [5, 5.41) is 0. The van der Waals surface area contributed by atoms with Crippen LogP contribution >= 0.6 is 0 Å². The molecule has 0 radical (unpaired) electrons. The summed E-state index contributed by atoms with van der Waals surface area (Å²) in [6.45, 7) is 4.41. The molecule has 5 heteroatoms. The van der Waals surface area contributed by atoms with E-state index in [2.05, 4.69) is 11.8 Å². The summed E-state index contributed by atoms with van der Waals surface area (Å²) in [7, 11) is 1.62. The summed E-state index contributed by atoms with van der Waals surface area (Å²) in [5.41, 5.74) is 1.02. The van der Waals surface area contributed by atoms with Crippen LogP contribution in [0, 0.1) is 11.8 Å². The molecule has 0 unspecified atom stereocenters. The number of ketones is 1. The fourth-order valence-electron chi connectivity index (χ4n) is 1.96. The van der Waals surface area contributed by atoms with Gasteiger partial charge in [-0.05, 0) is 37.5 Å². The minimum atomic E-state index is -0.715. The highest BCUT2D eigenvalue weighted by atomic mass is 16.7. The van der Waals surface area contributed by atoms with E-state index in [-0.39, 0.29) is 19.0 Å². The number of hydrogen-bond acceptors (Lipinski definition) is 5. The van der Waals surface area contributed by atoms with Gasteiger partial charge in [0.15, 0.2) is 11.9 Å². The molecule has 0 amide bonds. The second-order valence-corrected chi connectivity index (χ2v) is 5.32. The van der Waals surface area contributed by atoms with Crippen molar-refractivity contribution >= 4 is 5.78 Å². The van der Waals surface area contributed by atoms with Gasteiger partial charge in [0.05, 0.1) is 20.3 Å². The third-order valence-corrected chi connectivity index (χ3v) is 3.11. The Morgan fingerprint density at radius 3 is 2.68 bits per heavy atom. The summed E-state index contributed by atoms with van der Waals surface area (Å²) in [5.74, 6) is 5.04. The van der Waals surface area contributed by atoms with E-state index in [0.29, 0.717) is 6.61 Å². The van der Waals surface area contributed by atoms with E-state index < -0.39 is 11.9 Å². The molecule has 0 saturated carbocycles. The van der Waals surface area contributed by atoms with Crippen molar-refractivity contribution in [1.29, 1.82) is 0 Å². The predicted molar refractivity (Wildman–Crippen MR) is 80.3 cm³/mol. The van der Waals surface area contributed by atoms with Crippen molar-refractivity contribution < 1.29 is 23.7 Å². The summed E-state index contributed by atoms with van der Waals surface area (Å²) in [6.07, 6.45) is -0.607. The van der Waals surface area contributed by atoms with Crippen LogP contribution in [0.3, 0.4) is 0 Å². The van der Waals surface area contributed by atoms with Crippen molar-refractivity contribution in [3.63, 3.8) is 0 Å². The molecule has 1 aromatic rings. The van der Waals surface area contributed by atoms with Gasteiger partial charge in [0.2, 0.25) is 5.78 Å². The third kappa shape index (κ3) is 4.85. The molecule has 1 aromatic carbocycles. The zero-order valence-electron chi connectivity index (χ0n) is 13.0. The van der Waals surface area contributed by atoms with Crippen LogP contribution in [0.5, 0.6) is 5.75 Å². The van der Waals surface area contributed by atoms with E-state index in [4.69, 9.17) is 18.9 Å². The van der Waals surface area contributed by atoms with Crippen LogP contribution in [0.15, 0.2) is 24.3 Å². The number of carbonyl (C=O) groups excluding carboxylic acids is 1. The van der Waals surface area contributed by atoms with Crippen LogP contribution in [0.4, 0.5) is 0 Å². The van der Waals surface area contributed by atoms with Crippen molar-refractivity contribution in [2.45, 2.75) is 32.3 Å². The van der Waals surface area contributed by atoms with Gasteiger partial charge in [0.25, 0.3) is 0 Å². The first-order valence-corrected chi connectivity index (χ1v) is 7.05. The first-order valence-electron chi connectivity index (χ1n) is 7.05. The van der Waals surface area contributed by atoms with Gasteiger partial charge < -0.3 is 18.9 Å². The second-order valence-electron chi connectivity index (χ2n) is 5.32. The van der Waals surface area contributed by atoms with Gasteiger partial charge >= 0.3 is 0 Å². The maximum atomic E-state index is 11.8. The Kier molecular flexibility index (Phi) is 5.56. The van der Waals surface area contributed by atoms with Crippen molar-refractivity contribution in [3.05, 3.63) is 29.8 Å².